The fraction of sp³-hybridized carbons (Fsp3) is 0.227. The lowest BCUT2D eigenvalue weighted by molar-refractivity contribution is -0.139. The predicted molar refractivity (Wildman–Crippen MR) is 110 cm³/mol. The second-order valence-electron chi connectivity index (χ2n) is 6.63. The van der Waals surface area contributed by atoms with Crippen molar-refractivity contribution in [3.8, 4) is 17.1 Å². The van der Waals surface area contributed by atoms with Crippen LogP contribution in [-0.2, 0) is 9.53 Å². The second kappa shape index (κ2) is 7.79. The number of hydrogen-bond acceptors (Lipinski definition) is 6. The van der Waals surface area contributed by atoms with Crippen molar-refractivity contribution in [2.75, 3.05) is 19.0 Å². The Hall–Kier alpha value is -3.61. The molecule has 0 amide bonds. The Bertz CT molecular complexity index is 1060. The van der Waals surface area contributed by atoms with Crippen molar-refractivity contribution in [2.45, 2.75) is 19.9 Å². The Morgan fingerprint density at radius 3 is 2.52 bits per heavy atom. The normalized spacial score (nSPS) is 15.5. The van der Waals surface area contributed by atoms with E-state index in [0.717, 1.165) is 16.9 Å². The summed E-state index contributed by atoms with van der Waals surface area (Å²) in [5, 5.41) is 7.92. The molecule has 2 heterocycles. The van der Waals surface area contributed by atoms with E-state index in [1.807, 2.05) is 61.5 Å². The van der Waals surface area contributed by atoms with Gasteiger partial charge in [0.2, 0.25) is 5.95 Å². The van der Waals surface area contributed by atoms with Crippen molar-refractivity contribution in [1.29, 1.82) is 0 Å². The van der Waals surface area contributed by atoms with Gasteiger partial charge in [-0.2, -0.15) is 4.98 Å². The van der Waals surface area contributed by atoms with Crippen molar-refractivity contribution >= 4 is 11.9 Å². The van der Waals surface area contributed by atoms with Gasteiger partial charge in [-0.1, -0.05) is 42.5 Å². The molecule has 0 radical (unpaired) electrons. The van der Waals surface area contributed by atoms with E-state index in [1.54, 1.807) is 18.7 Å². The number of aromatic nitrogens is 3. The third kappa shape index (κ3) is 3.47. The van der Waals surface area contributed by atoms with Crippen LogP contribution in [0.5, 0.6) is 5.75 Å². The van der Waals surface area contributed by atoms with Gasteiger partial charge >= 0.3 is 5.97 Å². The average molecular weight is 390 g/mol. The highest BCUT2D eigenvalue weighted by molar-refractivity contribution is 5.92. The Morgan fingerprint density at radius 2 is 1.86 bits per heavy atom. The van der Waals surface area contributed by atoms with E-state index in [0.29, 0.717) is 29.6 Å². The summed E-state index contributed by atoms with van der Waals surface area (Å²) >= 11 is 0. The molecule has 0 saturated carbocycles. The van der Waals surface area contributed by atoms with Crippen LogP contribution in [0.25, 0.3) is 11.4 Å². The Labute approximate surface area is 169 Å². The van der Waals surface area contributed by atoms with E-state index in [4.69, 9.17) is 14.6 Å². The lowest BCUT2D eigenvalue weighted by Gasteiger charge is -2.28. The molecule has 1 atom stereocenters. The quantitative estimate of drug-likeness (QED) is 0.668. The van der Waals surface area contributed by atoms with Crippen molar-refractivity contribution in [2.24, 2.45) is 0 Å². The molecule has 3 aromatic rings. The Balaban J connectivity index is 1.85. The number of ether oxygens (including phenoxy) is 2. The van der Waals surface area contributed by atoms with Crippen LogP contribution in [0.15, 0.2) is 65.9 Å². The minimum absolute atomic E-state index is 0.296. The lowest BCUT2D eigenvalue weighted by atomic mass is 9.96. The summed E-state index contributed by atoms with van der Waals surface area (Å²) in [5.41, 5.74) is 3.00. The molecular formula is C22H22N4O3. The molecule has 1 aromatic heterocycles. The molecule has 4 rings (SSSR count). The van der Waals surface area contributed by atoms with Crippen LogP contribution >= 0.6 is 0 Å². The molecule has 0 fully saturated rings. The van der Waals surface area contributed by atoms with Crippen LogP contribution in [0.2, 0.25) is 0 Å². The number of nitrogens with one attached hydrogen (secondary N) is 1. The first-order valence-electron chi connectivity index (χ1n) is 9.43. The molecule has 0 aliphatic carbocycles. The Kier molecular flexibility index (Phi) is 5.03. The number of allylic oxidation sites excluding steroid dienone is 1. The van der Waals surface area contributed by atoms with Crippen molar-refractivity contribution in [3.63, 3.8) is 0 Å². The highest BCUT2D eigenvalue weighted by atomic mass is 16.5. The van der Waals surface area contributed by atoms with Gasteiger partial charge in [0.05, 0.1) is 19.3 Å². The number of methoxy groups -OCH3 is 1. The fourth-order valence-corrected chi connectivity index (χ4v) is 3.43. The zero-order valence-electron chi connectivity index (χ0n) is 16.5. The number of rotatable bonds is 5. The summed E-state index contributed by atoms with van der Waals surface area (Å²) in [6.45, 7) is 3.94. The van der Waals surface area contributed by atoms with Gasteiger partial charge in [0.25, 0.3) is 0 Å². The second-order valence-corrected chi connectivity index (χ2v) is 6.63. The average Bonchev–Trinajstić information content (AvgIpc) is 3.17. The molecule has 0 saturated heterocycles. The van der Waals surface area contributed by atoms with Gasteiger partial charge in [-0.15, -0.1) is 5.10 Å². The van der Waals surface area contributed by atoms with Crippen LogP contribution in [-0.4, -0.2) is 34.5 Å². The van der Waals surface area contributed by atoms with E-state index in [9.17, 15) is 4.79 Å². The molecule has 7 heteroatoms. The smallest absolute Gasteiger partial charge is 0.338 e. The molecule has 7 nitrogen and oxygen atoms in total. The molecule has 0 spiro atoms. The maximum atomic E-state index is 12.8. The third-order valence-electron chi connectivity index (χ3n) is 4.81. The van der Waals surface area contributed by atoms with E-state index < -0.39 is 6.04 Å². The van der Waals surface area contributed by atoms with E-state index in [2.05, 4.69) is 10.3 Å². The van der Waals surface area contributed by atoms with Crippen LogP contribution in [0.4, 0.5) is 5.95 Å². The van der Waals surface area contributed by atoms with Gasteiger partial charge in [-0.05, 0) is 31.5 Å². The number of esters is 1. The largest absolute Gasteiger partial charge is 0.497 e. The fourth-order valence-electron chi connectivity index (χ4n) is 3.43. The topological polar surface area (TPSA) is 78.3 Å². The van der Waals surface area contributed by atoms with E-state index in [-0.39, 0.29) is 5.97 Å². The summed E-state index contributed by atoms with van der Waals surface area (Å²) < 4.78 is 12.3. The number of hydrogen-bond donors (Lipinski definition) is 1. The van der Waals surface area contributed by atoms with Crippen LogP contribution < -0.4 is 10.1 Å². The van der Waals surface area contributed by atoms with E-state index >= 15 is 0 Å². The number of fused-ring (bicyclic) bond motifs is 1. The zero-order chi connectivity index (χ0) is 20.4. The van der Waals surface area contributed by atoms with Gasteiger partial charge in [-0.25, -0.2) is 9.48 Å². The standard InChI is InChI=1S/C22H22N4O3/c1-4-29-21(27)18-14(2)23-22-24-20(16-8-6-5-7-9-16)25-26(22)19(18)15-10-12-17(28-3)13-11-15/h5-13,19H,4H2,1-3H3,(H,23,24,25). The van der Waals surface area contributed by atoms with Gasteiger partial charge in [-0.3, -0.25) is 0 Å². The number of carbonyl (C=O) groups excluding carboxylic acids is 1. The van der Waals surface area contributed by atoms with Gasteiger partial charge in [0.15, 0.2) is 5.82 Å². The molecule has 148 valence electrons. The molecule has 29 heavy (non-hydrogen) atoms. The minimum Gasteiger partial charge on any atom is -0.497 e. The zero-order valence-corrected chi connectivity index (χ0v) is 16.5. The predicted octanol–water partition coefficient (Wildman–Crippen LogP) is 3.81. The molecule has 1 aliphatic heterocycles. The summed E-state index contributed by atoms with van der Waals surface area (Å²) in [7, 11) is 1.62. The number of anilines is 1. The maximum absolute atomic E-state index is 12.8. The van der Waals surface area contributed by atoms with Crippen LogP contribution in [0, 0.1) is 0 Å². The van der Waals surface area contributed by atoms with Crippen molar-refractivity contribution in [3.05, 3.63) is 71.4 Å². The molecule has 2 aromatic carbocycles. The molecule has 1 N–H and O–H groups in total. The van der Waals surface area contributed by atoms with Gasteiger partial charge in [0, 0.05) is 11.3 Å². The molecule has 1 unspecified atom stereocenters. The van der Waals surface area contributed by atoms with Crippen LogP contribution in [0.3, 0.4) is 0 Å². The van der Waals surface area contributed by atoms with Crippen molar-refractivity contribution < 1.29 is 14.3 Å². The summed E-state index contributed by atoms with van der Waals surface area (Å²) in [6, 6.07) is 16.9. The highest BCUT2D eigenvalue weighted by Crippen LogP contribution is 2.37. The summed E-state index contributed by atoms with van der Waals surface area (Å²) in [5.74, 6) is 1.53. The number of carbonyl (C=O) groups is 1. The lowest BCUT2D eigenvalue weighted by Crippen LogP contribution is -2.29. The van der Waals surface area contributed by atoms with Gasteiger partial charge in [0.1, 0.15) is 11.8 Å². The van der Waals surface area contributed by atoms with E-state index in [1.165, 1.54) is 0 Å². The molecule has 1 aliphatic rings. The minimum atomic E-state index is -0.457. The Morgan fingerprint density at radius 1 is 1.14 bits per heavy atom. The molecular weight excluding hydrogens is 368 g/mol. The first-order chi connectivity index (χ1) is 14.1. The number of nitrogens with zero attached hydrogens (tertiary/aromatic N) is 3. The maximum Gasteiger partial charge on any atom is 0.338 e. The summed E-state index contributed by atoms with van der Waals surface area (Å²) in [4.78, 5) is 17.4. The van der Waals surface area contributed by atoms with Crippen molar-refractivity contribution in [1.82, 2.24) is 14.8 Å². The SMILES string of the molecule is CCOC(=O)C1=C(C)Nc2nc(-c3ccccc3)nn2C1c1ccc(OC)cc1. The molecule has 0 bridgehead atoms. The van der Waals surface area contributed by atoms with Gasteiger partial charge < -0.3 is 14.8 Å². The number of benzene rings is 2. The summed E-state index contributed by atoms with van der Waals surface area (Å²) in [6.07, 6.45) is 0. The monoisotopic (exact) mass is 390 g/mol. The first kappa shape index (κ1) is 18.7. The third-order valence-corrected chi connectivity index (χ3v) is 4.81. The first-order valence-corrected chi connectivity index (χ1v) is 9.43. The van der Waals surface area contributed by atoms with Crippen LogP contribution in [0.1, 0.15) is 25.5 Å². The highest BCUT2D eigenvalue weighted by Gasteiger charge is 2.35.